The van der Waals surface area contributed by atoms with Crippen molar-refractivity contribution >= 4 is 35.2 Å². The summed E-state index contributed by atoms with van der Waals surface area (Å²) in [5.74, 6) is 0.971. The third-order valence-electron chi connectivity index (χ3n) is 8.36. The molecule has 2 aromatic heterocycles. The van der Waals surface area contributed by atoms with Crippen molar-refractivity contribution in [3.8, 4) is 11.3 Å². The lowest BCUT2D eigenvalue weighted by molar-refractivity contribution is -0.125. The van der Waals surface area contributed by atoms with Crippen LogP contribution in [0.5, 0.6) is 0 Å². The maximum absolute atomic E-state index is 13.5. The SMILES string of the molecule is CC(NC(=O)C(C)N1Cc2ccc(-c3nc(NC4CCOCC4)ncc3Cl)cc2C1=O)c1cccc(N2CCNCC2)n1. The maximum atomic E-state index is 13.5. The molecule has 226 valence electrons. The number of hydrogen-bond acceptors (Lipinski definition) is 9. The molecule has 3 N–H and O–H groups in total. The lowest BCUT2D eigenvalue weighted by Crippen LogP contribution is -2.46. The minimum absolute atomic E-state index is 0.197. The van der Waals surface area contributed by atoms with E-state index in [2.05, 4.69) is 30.8 Å². The number of ether oxygens (including phenoxy) is 1. The molecular weight excluding hydrogens is 568 g/mol. The number of aromatic nitrogens is 3. The first-order chi connectivity index (χ1) is 20.9. The highest BCUT2D eigenvalue weighted by Gasteiger charge is 2.35. The number of carbonyl (C=O) groups is 2. The van der Waals surface area contributed by atoms with E-state index in [0.717, 1.165) is 61.7 Å². The third-order valence-corrected chi connectivity index (χ3v) is 8.64. The quantitative estimate of drug-likeness (QED) is 0.355. The molecule has 6 rings (SSSR count). The van der Waals surface area contributed by atoms with E-state index in [-0.39, 0.29) is 23.9 Å². The fourth-order valence-corrected chi connectivity index (χ4v) is 5.95. The minimum Gasteiger partial charge on any atom is -0.381 e. The van der Waals surface area contributed by atoms with E-state index in [1.807, 2.05) is 43.3 Å². The highest BCUT2D eigenvalue weighted by Crippen LogP contribution is 2.32. The zero-order chi connectivity index (χ0) is 29.9. The molecule has 2 atom stereocenters. The molecule has 0 radical (unpaired) electrons. The summed E-state index contributed by atoms with van der Waals surface area (Å²) in [5.41, 5.74) is 3.46. The standard InChI is InChI=1S/C31H37ClN8O3/c1-19(26-4-3-5-27(37-26)39-12-10-33-11-13-39)35-29(41)20(2)40-18-22-7-6-21(16-24(22)30(40)42)28-25(32)17-34-31(38-28)36-23-8-14-43-15-9-23/h3-7,16-17,19-20,23,33H,8-15,18H2,1-2H3,(H,35,41)(H,34,36,38). The Morgan fingerprint density at radius 2 is 1.91 bits per heavy atom. The van der Waals surface area contributed by atoms with E-state index in [4.69, 9.17) is 21.3 Å². The zero-order valence-corrected chi connectivity index (χ0v) is 25.2. The van der Waals surface area contributed by atoms with Gasteiger partial charge in [-0.25, -0.2) is 15.0 Å². The molecule has 0 saturated carbocycles. The van der Waals surface area contributed by atoms with Crippen molar-refractivity contribution < 1.29 is 14.3 Å². The van der Waals surface area contributed by atoms with Gasteiger partial charge in [-0.1, -0.05) is 29.8 Å². The molecule has 2 fully saturated rings. The number of pyridine rings is 1. The van der Waals surface area contributed by atoms with Crippen molar-refractivity contribution in [3.05, 3.63) is 64.4 Å². The average Bonchev–Trinajstić information content (AvgIpc) is 3.37. The van der Waals surface area contributed by atoms with Crippen LogP contribution in [0, 0.1) is 0 Å². The van der Waals surface area contributed by atoms with Crippen LogP contribution in [0.1, 0.15) is 54.3 Å². The molecule has 5 heterocycles. The smallest absolute Gasteiger partial charge is 0.255 e. The molecule has 0 aliphatic carbocycles. The van der Waals surface area contributed by atoms with E-state index in [1.165, 1.54) is 0 Å². The van der Waals surface area contributed by atoms with Gasteiger partial charge in [-0.15, -0.1) is 0 Å². The Morgan fingerprint density at radius 3 is 2.70 bits per heavy atom. The van der Waals surface area contributed by atoms with E-state index < -0.39 is 6.04 Å². The Morgan fingerprint density at radius 1 is 1.12 bits per heavy atom. The Hall–Kier alpha value is -3.80. The Balaban J connectivity index is 1.13. The van der Waals surface area contributed by atoms with Gasteiger partial charge in [-0.05, 0) is 50.5 Å². The van der Waals surface area contributed by atoms with Crippen LogP contribution in [0.3, 0.4) is 0 Å². The number of fused-ring (bicyclic) bond motifs is 1. The van der Waals surface area contributed by atoms with Gasteiger partial charge in [0.25, 0.3) is 5.91 Å². The van der Waals surface area contributed by atoms with Gasteiger partial charge in [0.1, 0.15) is 11.9 Å². The second kappa shape index (κ2) is 12.8. The summed E-state index contributed by atoms with van der Waals surface area (Å²) in [5, 5.41) is 10.2. The van der Waals surface area contributed by atoms with E-state index in [1.54, 1.807) is 18.0 Å². The lowest BCUT2D eigenvalue weighted by Gasteiger charge is -2.29. The van der Waals surface area contributed by atoms with Gasteiger partial charge in [0.15, 0.2) is 0 Å². The first-order valence-corrected chi connectivity index (χ1v) is 15.3. The second-order valence-corrected chi connectivity index (χ2v) is 11.7. The molecule has 12 heteroatoms. The van der Waals surface area contributed by atoms with Crippen molar-refractivity contribution in [3.63, 3.8) is 0 Å². The van der Waals surface area contributed by atoms with Gasteiger partial charge in [0.05, 0.1) is 28.6 Å². The van der Waals surface area contributed by atoms with Gasteiger partial charge in [0.2, 0.25) is 11.9 Å². The van der Waals surface area contributed by atoms with Gasteiger partial charge in [-0.3, -0.25) is 9.59 Å². The molecule has 2 saturated heterocycles. The molecule has 3 aliphatic heterocycles. The number of nitrogens with one attached hydrogen (secondary N) is 3. The monoisotopic (exact) mass is 604 g/mol. The van der Waals surface area contributed by atoms with Crippen LogP contribution in [-0.4, -0.2) is 83.1 Å². The van der Waals surface area contributed by atoms with Gasteiger partial charge in [-0.2, -0.15) is 0 Å². The van der Waals surface area contributed by atoms with Crippen LogP contribution >= 0.6 is 11.6 Å². The highest BCUT2D eigenvalue weighted by atomic mass is 35.5. The molecule has 3 aromatic rings. The summed E-state index contributed by atoms with van der Waals surface area (Å²) in [6, 6.07) is 10.8. The van der Waals surface area contributed by atoms with Crippen molar-refractivity contribution in [1.82, 2.24) is 30.5 Å². The molecular formula is C31H37ClN8O3. The minimum atomic E-state index is -0.667. The number of benzene rings is 1. The predicted octanol–water partition coefficient (Wildman–Crippen LogP) is 3.41. The Bertz CT molecular complexity index is 1490. The van der Waals surface area contributed by atoms with Crippen LogP contribution in [0.25, 0.3) is 11.3 Å². The Labute approximate surface area is 256 Å². The normalized spacial score (nSPS) is 18.7. The van der Waals surface area contributed by atoms with Crippen LogP contribution in [0.4, 0.5) is 11.8 Å². The number of anilines is 2. The molecule has 43 heavy (non-hydrogen) atoms. The van der Waals surface area contributed by atoms with Crippen LogP contribution in [0.2, 0.25) is 5.02 Å². The van der Waals surface area contributed by atoms with Crippen molar-refractivity contribution in [2.75, 3.05) is 49.6 Å². The molecule has 0 bridgehead atoms. The lowest BCUT2D eigenvalue weighted by atomic mass is 10.0. The van der Waals surface area contributed by atoms with Gasteiger partial charge in [0, 0.05) is 63.1 Å². The molecule has 2 amide bonds. The number of amides is 2. The zero-order valence-electron chi connectivity index (χ0n) is 24.5. The van der Waals surface area contributed by atoms with Crippen LogP contribution < -0.4 is 20.9 Å². The average molecular weight is 605 g/mol. The number of rotatable bonds is 8. The first kappa shape index (κ1) is 29.3. The summed E-state index contributed by atoms with van der Waals surface area (Å²) in [7, 11) is 0. The van der Waals surface area contributed by atoms with Crippen molar-refractivity contribution in [1.29, 1.82) is 0 Å². The second-order valence-electron chi connectivity index (χ2n) is 11.3. The molecule has 0 spiro atoms. The summed E-state index contributed by atoms with van der Waals surface area (Å²) in [6.07, 6.45) is 3.34. The molecule has 11 nitrogen and oxygen atoms in total. The summed E-state index contributed by atoms with van der Waals surface area (Å²) in [4.78, 5) is 44.5. The van der Waals surface area contributed by atoms with Gasteiger partial charge < -0.3 is 30.5 Å². The number of hydrogen-bond donors (Lipinski definition) is 3. The third kappa shape index (κ3) is 6.43. The first-order valence-electron chi connectivity index (χ1n) is 14.9. The topological polar surface area (TPSA) is 125 Å². The molecule has 2 unspecified atom stereocenters. The molecule has 3 aliphatic rings. The fraction of sp³-hybridized carbons (Fsp3) is 0.452. The number of carbonyl (C=O) groups excluding carboxylic acids is 2. The number of piperazine rings is 1. The van der Waals surface area contributed by atoms with Gasteiger partial charge >= 0.3 is 0 Å². The van der Waals surface area contributed by atoms with E-state index >= 15 is 0 Å². The van der Waals surface area contributed by atoms with E-state index in [0.29, 0.717) is 42.0 Å². The summed E-state index contributed by atoms with van der Waals surface area (Å²) < 4.78 is 5.44. The van der Waals surface area contributed by atoms with Crippen LogP contribution in [0.15, 0.2) is 42.6 Å². The summed E-state index contributed by atoms with van der Waals surface area (Å²) >= 11 is 6.50. The maximum Gasteiger partial charge on any atom is 0.255 e. The number of halogens is 1. The van der Waals surface area contributed by atoms with Crippen molar-refractivity contribution in [2.45, 2.75) is 51.4 Å². The molecule has 1 aromatic carbocycles. The predicted molar refractivity (Wildman–Crippen MR) is 165 cm³/mol. The fourth-order valence-electron chi connectivity index (χ4n) is 5.75. The number of nitrogens with zero attached hydrogens (tertiary/aromatic N) is 5. The highest BCUT2D eigenvalue weighted by molar-refractivity contribution is 6.33. The largest absolute Gasteiger partial charge is 0.381 e. The van der Waals surface area contributed by atoms with E-state index in [9.17, 15) is 9.59 Å². The van der Waals surface area contributed by atoms with Crippen LogP contribution in [-0.2, 0) is 16.1 Å². The summed E-state index contributed by atoms with van der Waals surface area (Å²) in [6.45, 7) is 9.06. The Kier molecular flexibility index (Phi) is 8.73. The van der Waals surface area contributed by atoms with Crippen molar-refractivity contribution in [2.24, 2.45) is 0 Å².